The third-order valence-corrected chi connectivity index (χ3v) is 2.28. The second-order valence-electron chi connectivity index (χ2n) is 4.73. The van der Waals surface area contributed by atoms with Gasteiger partial charge in [0.2, 0.25) is 0 Å². The fourth-order valence-electron chi connectivity index (χ4n) is 1.26. The van der Waals surface area contributed by atoms with Gasteiger partial charge in [-0.1, -0.05) is 5.21 Å². The topological polar surface area (TPSA) is 39.9 Å². The van der Waals surface area contributed by atoms with Crippen LogP contribution in [-0.4, -0.2) is 33.1 Å². The Bertz CT molecular complexity index is 306. The van der Waals surface area contributed by atoms with Gasteiger partial charge in [-0.05, 0) is 33.6 Å². The molecule has 0 N–H and O–H groups in total. The smallest absolute Gasteiger partial charge is 0.0827 e. The molecule has 0 saturated carbocycles. The van der Waals surface area contributed by atoms with Crippen molar-refractivity contribution in [1.82, 2.24) is 15.0 Å². The van der Waals surface area contributed by atoms with Gasteiger partial charge < -0.3 is 4.74 Å². The van der Waals surface area contributed by atoms with Crippen molar-refractivity contribution in [3.8, 4) is 0 Å². The Morgan fingerprint density at radius 3 is 2.81 bits per heavy atom. The number of halogens is 1. The zero-order valence-electron chi connectivity index (χ0n) is 10.2. The second-order valence-corrected chi connectivity index (χ2v) is 5.10. The summed E-state index contributed by atoms with van der Waals surface area (Å²) in [5.41, 5.74) is 0.901. The molecule has 0 atom stereocenters. The van der Waals surface area contributed by atoms with Crippen LogP contribution >= 0.6 is 11.6 Å². The standard InChI is InChI=1S/C11H20ClN3O/c1-11(2,3)16-8-7-15-9-10(13-14-15)5-4-6-12/h9H,4-8H2,1-3H3. The molecule has 0 aliphatic carbocycles. The highest BCUT2D eigenvalue weighted by molar-refractivity contribution is 6.17. The van der Waals surface area contributed by atoms with Gasteiger partial charge in [0.1, 0.15) is 0 Å². The van der Waals surface area contributed by atoms with Crippen LogP contribution in [0.25, 0.3) is 0 Å². The van der Waals surface area contributed by atoms with Gasteiger partial charge in [0, 0.05) is 12.1 Å². The Kier molecular flexibility index (Phi) is 5.22. The number of hydrogen-bond donors (Lipinski definition) is 0. The number of rotatable bonds is 6. The van der Waals surface area contributed by atoms with Crippen LogP contribution in [0.15, 0.2) is 6.20 Å². The lowest BCUT2D eigenvalue weighted by atomic mass is 10.2. The molecule has 0 aromatic carbocycles. The fraction of sp³-hybridized carbons (Fsp3) is 0.818. The van der Waals surface area contributed by atoms with E-state index in [1.807, 2.05) is 31.6 Å². The molecular weight excluding hydrogens is 226 g/mol. The molecule has 0 fully saturated rings. The molecule has 1 rings (SSSR count). The molecule has 1 aromatic heterocycles. The van der Waals surface area contributed by atoms with Gasteiger partial charge in [-0.3, -0.25) is 0 Å². The molecule has 0 bridgehead atoms. The Balaban J connectivity index is 2.29. The first-order valence-electron chi connectivity index (χ1n) is 5.60. The van der Waals surface area contributed by atoms with E-state index in [4.69, 9.17) is 16.3 Å². The lowest BCUT2D eigenvalue weighted by Gasteiger charge is -2.19. The molecule has 92 valence electrons. The van der Waals surface area contributed by atoms with Crippen LogP contribution in [0, 0.1) is 0 Å². The summed E-state index contributed by atoms with van der Waals surface area (Å²) in [5.74, 6) is 0.667. The first kappa shape index (κ1) is 13.5. The normalized spacial score (nSPS) is 12.0. The minimum Gasteiger partial charge on any atom is -0.374 e. The number of alkyl halides is 1. The highest BCUT2D eigenvalue weighted by Gasteiger charge is 2.09. The van der Waals surface area contributed by atoms with Crippen molar-refractivity contribution in [3.63, 3.8) is 0 Å². The molecule has 16 heavy (non-hydrogen) atoms. The van der Waals surface area contributed by atoms with E-state index in [1.165, 1.54) is 0 Å². The first-order valence-corrected chi connectivity index (χ1v) is 6.13. The SMILES string of the molecule is CC(C)(C)OCCn1cc(CCCCl)nn1. The molecule has 5 heteroatoms. The average Bonchev–Trinajstić information content (AvgIpc) is 2.61. The lowest BCUT2D eigenvalue weighted by Crippen LogP contribution is -2.22. The number of aryl methyl sites for hydroxylation is 1. The monoisotopic (exact) mass is 245 g/mol. The van der Waals surface area contributed by atoms with E-state index in [0.29, 0.717) is 12.5 Å². The predicted molar refractivity (Wildman–Crippen MR) is 64.8 cm³/mol. The number of ether oxygens (including phenoxy) is 1. The predicted octanol–water partition coefficient (Wildman–Crippen LogP) is 2.26. The summed E-state index contributed by atoms with van der Waals surface area (Å²) in [6.07, 6.45) is 3.79. The molecule has 0 aliphatic rings. The van der Waals surface area contributed by atoms with E-state index in [9.17, 15) is 0 Å². The summed E-state index contributed by atoms with van der Waals surface area (Å²) in [7, 11) is 0. The van der Waals surface area contributed by atoms with E-state index in [-0.39, 0.29) is 5.60 Å². The molecule has 1 aromatic rings. The van der Waals surface area contributed by atoms with Crippen LogP contribution in [0.4, 0.5) is 0 Å². The number of hydrogen-bond acceptors (Lipinski definition) is 3. The first-order chi connectivity index (χ1) is 7.51. The third-order valence-electron chi connectivity index (χ3n) is 2.01. The molecular formula is C11H20ClN3O. The Morgan fingerprint density at radius 1 is 1.44 bits per heavy atom. The molecule has 1 heterocycles. The second kappa shape index (κ2) is 6.21. The Hall–Kier alpha value is -0.610. The summed E-state index contributed by atoms with van der Waals surface area (Å²) in [5, 5.41) is 8.10. The van der Waals surface area contributed by atoms with Gasteiger partial charge in [-0.25, -0.2) is 4.68 Å². The molecule has 0 radical (unpaired) electrons. The van der Waals surface area contributed by atoms with Gasteiger partial charge in [0.05, 0.1) is 24.4 Å². The molecule has 0 spiro atoms. The lowest BCUT2D eigenvalue weighted by molar-refractivity contribution is -0.00805. The molecule has 4 nitrogen and oxygen atoms in total. The van der Waals surface area contributed by atoms with Crippen LogP contribution in [0.1, 0.15) is 32.9 Å². The van der Waals surface area contributed by atoms with Gasteiger partial charge in [-0.2, -0.15) is 0 Å². The zero-order valence-corrected chi connectivity index (χ0v) is 11.0. The minimum atomic E-state index is -0.0952. The maximum Gasteiger partial charge on any atom is 0.0827 e. The fourth-order valence-corrected chi connectivity index (χ4v) is 1.39. The zero-order chi connectivity index (χ0) is 12.0. The van der Waals surface area contributed by atoms with Gasteiger partial charge in [0.15, 0.2) is 0 Å². The van der Waals surface area contributed by atoms with Crippen LogP contribution in [0.3, 0.4) is 0 Å². The van der Waals surface area contributed by atoms with Crippen molar-refractivity contribution in [3.05, 3.63) is 11.9 Å². The molecule has 0 amide bonds. The molecule has 0 unspecified atom stereocenters. The number of aromatic nitrogens is 3. The summed E-state index contributed by atoms with van der Waals surface area (Å²) in [6, 6.07) is 0. The maximum absolute atomic E-state index is 5.62. The van der Waals surface area contributed by atoms with Gasteiger partial charge in [0.25, 0.3) is 0 Å². The van der Waals surface area contributed by atoms with Crippen LogP contribution in [0.2, 0.25) is 0 Å². The highest BCUT2D eigenvalue weighted by atomic mass is 35.5. The van der Waals surface area contributed by atoms with E-state index >= 15 is 0 Å². The summed E-state index contributed by atoms with van der Waals surface area (Å²) >= 11 is 5.62. The van der Waals surface area contributed by atoms with E-state index in [0.717, 1.165) is 25.1 Å². The van der Waals surface area contributed by atoms with Crippen molar-refractivity contribution in [1.29, 1.82) is 0 Å². The van der Waals surface area contributed by atoms with Crippen molar-refractivity contribution in [2.24, 2.45) is 0 Å². The maximum atomic E-state index is 5.62. The van der Waals surface area contributed by atoms with Gasteiger partial charge in [-0.15, -0.1) is 16.7 Å². The third kappa shape index (κ3) is 5.47. The van der Waals surface area contributed by atoms with Gasteiger partial charge >= 0.3 is 0 Å². The summed E-state index contributed by atoms with van der Waals surface area (Å²) < 4.78 is 7.43. The van der Waals surface area contributed by atoms with Crippen molar-refractivity contribution in [2.45, 2.75) is 45.8 Å². The Morgan fingerprint density at radius 2 is 2.19 bits per heavy atom. The van der Waals surface area contributed by atoms with Crippen LogP contribution in [0.5, 0.6) is 0 Å². The van der Waals surface area contributed by atoms with E-state index in [2.05, 4.69) is 10.3 Å². The van der Waals surface area contributed by atoms with Crippen LogP contribution < -0.4 is 0 Å². The summed E-state index contributed by atoms with van der Waals surface area (Å²) in [6.45, 7) is 7.52. The highest BCUT2D eigenvalue weighted by Crippen LogP contribution is 2.06. The summed E-state index contributed by atoms with van der Waals surface area (Å²) in [4.78, 5) is 0. The van der Waals surface area contributed by atoms with E-state index in [1.54, 1.807) is 0 Å². The largest absolute Gasteiger partial charge is 0.374 e. The van der Waals surface area contributed by atoms with Crippen molar-refractivity contribution in [2.75, 3.05) is 12.5 Å². The Labute approximate surface area is 102 Å². The van der Waals surface area contributed by atoms with Crippen molar-refractivity contribution >= 4 is 11.6 Å². The van der Waals surface area contributed by atoms with Crippen LogP contribution in [-0.2, 0) is 17.7 Å². The number of nitrogens with zero attached hydrogens (tertiary/aromatic N) is 3. The molecule has 0 aliphatic heterocycles. The van der Waals surface area contributed by atoms with E-state index < -0.39 is 0 Å². The average molecular weight is 246 g/mol. The minimum absolute atomic E-state index is 0.0952. The van der Waals surface area contributed by atoms with Crippen molar-refractivity contribution < 1.29 is 4.74 Å². The molecule has 0 saturated heterocycles. The quantitative estimate of drug-likeness (QED) is 0.722.